The number of carbonyl (C=O) groups is 1. The third kappa shape index (κ3) is 4.47. The summed E-state index contributed by atoms with van der Waals surface area (Å²) in [6.45, 7) is 5.09. The van der Waals surface area contributed by atoms with Gasteiger partial charge in [0, 0.05) is 28.9 Å². The van der Waals surface area contributed by atoms with E-state index in [-0.39, 0.29) is 21.0 Å². The Balaban J connectivity index is 1.44. The molecule has 3 heterocycles. The maximum Gasteiger partial charge on any atom is 0.283 e. The van der Waals surface area contributed by atoms with Gasteiger partial charge in [0.05, 0.1) is 12.1 Å². The molecule has 0 fully saturated rings. The molecule has 0 unspecified atom stereocenters. The average Bonchev–Trinajstić information content (AvgIpc) is 3.40. The number of fused-ring (bicyclic) bond motifs is 2. The van der Waals surface area contributed by atoms with Crippen molar-refractivity contribution in [2.24, 2.45) is 10.1 Å². The number of aliphatic imine (C=N–C) groups is 1. The Morgan fingerprint density at radius 1 is 1.17 bits per heavy atom. The Hall–Kier alpha value is -3.70. The van der Waals surface area contributed by atoms with E-state index in [0.29, 0.717) is 13.2 Å². The van der Waals surface area contributed by atoms with E-state index < -0.39 is 15.7 Å². The molecule has 0 radical (unpaired) electrons. The number of carbonyl (C=O) groups excluding carboxylic acids is 1. The van der Waals surface area contributed by atoms with Crippen LogP contribution in [0.25, 0.3) is 17.0 Å². The molecule has 1 aromatic heterocycles. The molecule has 0 saturated heterocycles. The third-order valence-corrected chi connectivity index (χ3v) is 8.37. The van der Waals surface area contributed by atoms with Crippen LogP contribution in [0.4, 0.5) is 0 Å². The van der Waals surface area contributed by atoms with Crippen LogP contribution in [-0.4, -0.2) is 52.1 Å². The third-order valence-electron chi connectivity index (χ3n) is 5.79. The van der Waals surface area contributed by atoms with E-state index in [0.717, 1.165) is 50.8 Å². The number of rotatable bonds is 5. The summed E-state index contributed by atoms with van der Waals surface area (Å²) in [5.74, 6) is 0.0108. The summed E-state index contributed by atoms with van der Waals surface area (Å²) in [6, 6.07) is 13.8. The van der Waals surface area contributed by atoms with Crippen molar-refractivity contribution in [3.05, 3.63) is 70.9 Å². The average molecular weight is 522 g/mol. The minimum Gasteiger partial charge on any atom is -0.491 e. The molecule has 0 atom stereocenters. The number of nitrogens with one attached hydrogen (secondary N) is 1. The zero-order valence-electron chi connectivity index (χ0n) is 19.8. The number of sulfone groups is 1. The molecular formula is C25H23N5O4S2. The van der Waals surface area contributed by atoms with Gasteiger partial charge < -0.3 is 9.30 Å². The Bertz CT molecular complexity index is 1630. The van der Waals surface area contributed by atoms with Crippen LogP contribution in [-0.2, 0) is 21.2 Å². The van der Waals surface area contributed by atoms with Crippen LogP contribution in [0.15, 0.2) is 64.3 Å². The van der Waals surface area contributed by atoms with Gasteiger partial charge in [-0.1, -0.05) is 35.9 Å². The lowest BCUT2D eigenvalue weighted by Crippen LogP contribution is -2.35. The molecule has 9 nitrogen and oxygen atoms in total. The van der Waals surface area contributed by atoms with Crippen LogP contribution in [0.5, 0.6) is 5.75 Å². The predicted octanol–water partition coefficient (Wildman–Crippen LogP) is 3.96. The molecule has 0 spiro atoms. The summed E-state index contributed by atoms with van der Waals surface area (Å²) in [4.78, 5) is 16.7. The molecule has 36 heavy (non-hydrogen) atoms. The maximum atomic E-state index is 12.8. The minimum absolute atomic E-state index is 0.0345. The Kier molecular flexibility index (Phi) is 6.05. The maximum absolute atomic E-state index is 12.8. The number of hydrogen-bond acceptors (Lipinski definition) is 7. The number of thioether (sulfide) groups is 1. The number of ether oxygens (including phenoxy) is 1. The lowest BCUT2D eigenvalue weighted by molar-refractivity contribution is -0.114. The van der Waals surface area contributed by atoms with E-state index in [1.54, 1.807) is 6.08 Å². The summed E-state index contributed by atoms with van der Waals surface area (Å²) >= 11 is 0.764. The van der Waals surface area contributed by atoms with Crippen molar-refractivity contribution >= 4 is 59.9 Å². The summed E-state index contributed by atoms with van der Waals surface area (Å²) < 4.78 is 31.6. The van der Waals surface area contributed by atoms with Crippen molar-refractivity contribution in [1.82, 2.24) is 9.58 Å². The highest BCUT2D eigenvalue weighted by Gasteiger charge is 2.38. The van der Waals surface area contributed by atoms with Gasteiger partial charge in [-0.15, -0.1) is 5.10 Å². The van der Waals surface area contributed by atoms with Gasteiger partial charge in [-0.25, -0.2) is 8.42 Å². The van der Waals surface area contributed by atoms with E-state index in [1.165, 1.54) is 5.56 Å². The molecule has 2 aromatic carbocycles. The first-order chi connectivity index (χ1) is 17.1. The van der Waals surface area contributed by atoms with Crippen molar-refractivity contribution in [2.75, 3.05) is 12.9 Å². The summed E-state index contributed by atoms with van der Waals surface area (Å²) in [5.41, 5.74) is 3.99. The summed E-state index contributed by atoms with van der Waals surface area (Å²) in [6.07, 6.45) is 4.54. The molecular weight excluding hydrogens is 498 g/mol. The standard InChI is InChI=1S/C25H23N5O4S2/c1-15-8-9-21(16(2)12-15)34-11-10-29-14-17(18-6-4-5-7-20(18)29)13-19-22(26)30-24(27-23(19)31)35-25(28-30)36(3,32)33/h4-9,12-14,26H,10-11H2,1-3H3/b19-13+,26-22?. The van der Waals surface area contributed by atoms with Gasteiger partial charge in [0.25, 0.3) is 5.91 Å². The van der Waals surface area contributed by atoms with Crippen molar-refractivity contribution in [1.29, 1.82) is 5.41 Å². The first-order valence-corrected chi connectivity index (χ1v) is 13.8. The molecule has 2 aliphatic rings. The van der Waals surface area contributed by atoms with Gasteiger partial charge in [-0.2, -0.15) is 10.0 Å². The summed E-state index contributed by atoms with van der Waals surface area (Å²) in [7, 11) is -3.59. The smallest absolute Gasteiger partial charge is 0.283 e. The monoisotopic (exact) mass is 521 g/mol. The van der Waals surface area contributed by atoms with Crippen LogP contribution >= 0.6 is 11.8 Å². The fourth-order valence-corrected chi connectivity index (χ4v) is 5.76. The Labute approximate surface area is 212 Å². The van der Waals surface area contributed by atoms with Gasteiger partial charge >= 0.3 is 0 Å². The lowest BCUT2D eigenvalue weighted by Gasteiger charge is -2.19. The zero-order chi connectivity index (χ0) is 25.6. The second-order valence-electron chi connectivity index (χ2n) is 8.57. The van der Waals surface area contributed by atoms with Crippen LogP contribution in [0, 0.1) is 19.3 Å². The fraction of sp³-hybridized carbons (Fsp3) is 0.200. The molecule has 11 heteroatoms. The van der Waals surface area contributed by atoms with Gasteiger partial charge in [0.15, 0.2) is 5.84 Å². The molecule has 0 bridgehead atoms. The normalized spacial score (nSPS) is 17.0. The van der Waals surface area contributed by atoms with Crippen LogP contribution < -0.4 is 4.74 Å². The van der Waals surface area contributed by atoms with E-state index in [9.17, 15) is 13.2 Å². The van der Waals surface area contributed by atoms with E-state index in [2.05, 4.69) is 16.2 Å². The van der Waals surface area contributed by atoms with Crippen molar-refractivity contribution < 1.29 is 17.9 Å². The Morgan fingerprint density at radius 3 is 2.69 bits per heavy atom. The van der Waals surface area contributed by atoms with Gasteiger partial charge in [0.1, 0.15) is 12.4 Å². The van der Waals surface area contributed by atoms with Crippen LogP contribution in [0.2, 0.25) is 0 Å². The number of aryl methyl sites for hydroxylation is 2. The molecule has 5 rings (SSSR count). The topological polar surface area (TPSA) is 117 Å². The van der Waals surface area contributed by atoms with E-state index in [1.807, 2.05) is 61.0 Å². The van der Waals surface area contributed by atoms with E-state index >= 15 is 0 Å². The quantitative estimate of drug-likeness (QED) is 0.508. The fourth-order valence-electron chi connectivity index (χ4n) is 4.07. The Morgan fingerprint density at radius 2 is 1.94 bits per heavy atom. The van der Waals surface area contributed by atoms with Crippen molar-refractivity contribution in [3.8, 4) is 5.75 Å². The zero-order valence-corrected chi connectivity index (χ0v) is 21.5. The molecule has 0 saturated carbocycles. The number of hydrazone groups is 1. The lowest BCUT2D eigenvalue weighted by atomic mass is 10.1. The molecule has 184 valence electrons. The predicted molar refractivity (Wildman–Crippen MR) is 143 cm³/mol. The number of benzene rings is 2. The highest BCUT2D eigenvalue weighted by Crippen LogP contribution is 2.31. The highest BCUT2D eigenvalue weighted by molar-refractivity contribution is 8.42. The molecule has 0 aliphatic carbocycles. The molecule has 2 aliphatic heterocycles. The van der Waals surface area contributed by atoms with Gasteiger partial charge in [-0.05, 0) is 49.4 Å². The van der Waals surface area contributed by atoms with Crippen molar-refractivity contribution in [3.63, 3.8) is 0 Å². The molecule has 1 N–H and O–H groups in total. The second kappa shape index (κ2) is 9.07. The molecule has 1 amide bonds. The highest BCUT2D eigenvalue weighted by atomic mass is 32.3. The SMILES string of the molecule is Cc1ccc(OCCn2cc(/C=C3\C(=N)N4N=C(S(C)(=O)=O)SC4=NC3=O)c3ccccc32)c(C)c1. The number of amides is 1. The van der Waals surface area contributed by atoms with Gasteiger partial charge in [-0.3, -0.25) is 10.2 Å². The number of aromatic nitrogens is 1. The molecule has 3 aromatic rings. The van der Waals surface area contributed by atoms with E-state index in [4.69, 9.17) is 10.1 Å². The number of nitrogens with zero attached hydrogens (tertiary/aromatic N) is 4. The van der Waals surface area contributed by atoms with Crippen LogP contribution in [0.3, 0.4) is 0 Å². The van der Waals surface area contributed by atoms with Gasteiger partial charge in [0.2, 0.25) is 19.4 Å². The minimum atomic E-state index is -3.59. The number of amidine groups is 2. The summed E-state index contributed by atoms with van der Waals surface area (Å²) in [5, 5.41) is 14.6. The first-order valence-electron chi connectivity index (χ1n) is 11.1. The first kappa shape index (κ1) is 24.0. The van der Waals surface area contributed by atoms with Crippen molar-refractivity contribution in [2.45, 2.75) is 20.4 Å². The largest absolute Gasteiger partial charge is 0.491 e. The second-order valence-corrected chi connectivity index (χ2v) is 11.7. The number of hydrogen-bond donors (Lipinski definition) is 1. The number of para-hydroxylation sites is 1. The van der Waals surface area contributed by atoms with Crippen LogP contribution in [0.1, 0.15) is 16.7 Å².